The second-order valence-corrected chi connectivity index (χ2v) is 5.39. The maximum absolute atomic E-state index is 11.1. The van der Waals surface area contributed by atoms with E-state index in [9.17, 15) is 4.79 Å². The van der Waals surface area contributed by atoms with Crippen LogP contribution < -0.4 is 11.0 Å². The molecule has 0 saturated carbocycles. The third-order valence-corrected chi connectivity index (χ3v) is 3.99. The van der Waals surface area contributed by atoms with E-state index < -0.39 is 0 Å². The van der Waals surface area contributed by atoms with Crippen molar-refractivity contribution in [3.63, 3.8) is 0 Å². The highest BCUT2D eigenvalue weighted by atomic mass is 16.1. The molecule has 22 heavy (non-hydrogen) atoms. The molecule has 0 unspecified atom stereocenters. The summed E-state index contributed by atoms with van der Waals surface area (Å²) in [7, 11) is 0. The molecule has 4 rings (SSSR count). The van der Waals surface area contributed by atoms with E-state index >= 15 is 0 Å². The highest BCUT2D eigenvalue weighted by Crippen LogP contribution is 2.32. The van der Waals surface area contributed by atoms with Crippen LogP contribution in [0.4, 0.5) is 5.95 Å². The van der Waals surface area contributed by atoms with Gasteiger partial charge in [-0.2, -0.15) is 0 Å². The molecular formula is C16H15N5O. The Bertz CT molecular complexity index is 849. The Hall–Kier alpha value is -2.89. The highest BCUT2D eigenvalue weighted by Gasteiger charge is 2.22. The van der Waals surface area contributed by atoms with Gasteiger partial charge in [-0.3, -0.25) is 0 Å². The maximum atomic E-state index is 11.1. The largest absolute Gasteiger partial charge is 0.347 e. The zero-order chi connectivity index (χ0) is 14.9. The first-order chi connectivity index (χ1) is 10.8. The van der Waals surface area contributed by atoms with Crippen LogP contribution in [0.1, 0.15) is 23.6 Å². The second-order valence-electron chi connectivity index (χ2n) is 5.39. The van der Waals surface area contributed by atoms with E-state index in [1.165, 1.54) is 11.1 Å². The molecule has 0 fully saturated rings. The van der Waals surface area contributed by atoms with E-state index in [2.05, 4.69) is 49.5 Å². The summed E-state index contributed by atoms with van der Waals surface area (Å²) in [6.45, 7) is 0. The number of rotatable bonds is 3. The van der Waals surface area contributed by atoms with E-state index in [-0.39, 0.29) is 11.7 Å². The van der Waals surface area contributed by atoms with Gasteiger partial charge in [-0.15, -0.1) is 0 Å². The second kappa shape index (κ2) is 5.14. The first kappa shape index (κ1) is 12.8. The van der Waals surface area contributed by atoms with E-state index in [1.807, 2.05) is 0 Å². The number of benzene rings is 1. The summed E-state index contributed by atoms with van der Waals surface area (Å²) in [6, 6.07) is 8.71. The van der Waals surface area contributed by atoms with Crippen molar-refractivity contribution in [3.05, 3.63) is 64.5 Å². The predicted molar refractivity (Wildman–Crippen MR) is 83.6 cm³/mol. The van der Waals surface area contributed by atoms with Crippen LogP contribution in [0.3, 0.4) is 0 Å². The van der Waals surface area contributed by atoms with E-state index in [0.29, 0.717) is 11.6 Å². The lowest BCUT2D eigenvalue weighted by molar-refractivity contribution is 0.751. The van der Waals surface area contributed by atoms with Gasteiger partial charge in [0.2, 0.25) is 5.95 Å². The molecule has 3 aromatic rings. The van der Waals surface area contributed by atoms with Crippen LogP contribution in [-0.4, -0.2) is 19.9 Å². The molecule has 0 bridgehead atoms. The lowest BCUT2D eigenvalue weighted by Gasteiger charge is -2.13. The Kier molecular flexibility index (Phi) is 3.00. The monoisotopic (exact) mass is 293 g/mol. The van der Waals surface area contributed by atoms with Gasteiger partial charge in [0, 0.05) is 24.2 Å². The molecule has 0 amide bonds. The molecule has 0 radical (unpaired) electrons. The smallest absolute Gasteiger partial charge is 0.323 e. The number of H-pyrrole nitrogens is 2. The van der Waals surface area contributed by atoms with Crippen molar-refractivity contribution < 1.29 is 0 Å². The lowest BCUT2D eigenvalue weighted by Crippen LogP contribution is -2.09. The maximum Gasteiger partial charge on any atom is 0.323 e. The quantitative estimate of drug-likeness (QED) is 0.691. The summed E-state index contributed by atoms with van der Waals surface area (Å²) in [4.78, 5) is 25.1. The molecule has 6 nitrogen and oxygen atoms in total. The Morgan fingerprint density at radius 3 is 2.77 bits per heavy atom. The topological polar surface area (TPSA) is 86.5 Å². The summed E-state index contributed by atoms with van der Waals surface area (Å²) in [6.07, 6.45) is 7.15. The van der Waals surface area contributed by atoms with Crippen LogP contribution in [0.2, 0.25) is 0 Å². The highest BCUT2D eigenvalue weighted by molar-refractivity contribution is 5.56. The Morgan fingerprint density at radius 1 is 1.18 bits per heavy atom. The molecule has 0 aliphatic heterocycles. The molecular weight excluding hydrogens is 278 g/mol. The molecule has 1 aromatic carbocycles. The lowest BCUT2D eigenvalue weighted by atomic mass is 10.1. The minimum atomic E-state index is -0.236. The summed E-state index contributed by atoms with van der Waals surface area (Å²) in [5, 5.41) is 3.38. The number of hydrogen-bond donors (Lipinski definition) is 3. The fraction of sp³-hybridized carbons (Fsp3) is 0.188. The van der Waals surface area contributed by atoms with Crippen molar-refractivity contribution in [2.24, 2.45) is 0 Å². The van der Waals surface area contributed by atoms with E-state index in [0.717, 1.165) is 18.4 Å². The number of hydrogen-bond acceptors (Lipinski definition) is 4. The summed E-state index contributed by atoms with van der Waals surface area (Å²) in [5.41, 5.74) is 3.94. The van der Waals surface area contributed by atoms with Crippen molar-refractivity contribution in [3.8, 4) is 11.3 Å². The average molecular weight is 293 g/mol. The fourth-order valence-corrected chi connectivity index (χ4v) is 2.89. The first-order valence-electron chi connectivity index (χ1n) is 7.24. The van der Waals surface area contributed by atoms with E-state index in [1.54, 1.807) is 18.6 Å². The van der Waals surface area contributed by atoms with Crippen LogP contribution >= 0.6 is 0 Å². The number of aryl methyl sites for hydroxylation is 1. The summed E-state index contributed by atoms with van der Waals surface area (Å²) >= 11 is 0. The first-order valence-corrected chi connectivity index (χ1v) is 7.24. The number of fused-ring (bicyclic) bond motifs is 1. The molecule has 1 aliphatic rings. The molecule has 1 aliphatic carbocycles. The molecule has 3 N–H and O–H groups in total. The number of nitrogens with one attached hydrogen (secondary N) is 3. The zero-order valence-corrected chi connectivity index (χ0v) is 11.8. The summed E-state index contributed by atoms with van der Waals surface area (Å²) < 4.78 is 0. The van der Waals surface area contributed by atoms with Gasteiger partial charge < -0.3 is 15.3 Å². The van der Waals surface area contributed by atoms with Crippen LogP contribution in [0.5, 0.6) is 0 Å². The van der Waals surface area contributed by atoms with E-state index in [4.69, 9.17) is 0 Å². The van der Waals surface area contributed by atoms with Gasteiger partial charge in [0.1, 0.15) is 0 Å². The number of aromatic amines is 2. The third kappa shape index (κ3) is 2.28. The van der Waals surface area contributed by atoms with Crippen LogP contribution in [0, 0.1) is 0 Å². The van der Waals surface area contributed by atoms with Crippen molar-refractivity contribution in [1.29, 1.82) is 0 Å². The Labute approximate surface area is 126 Å². The van der Waals surface area contributed by atoms with Crippen molar-refractivity contribution in [2.75, 3.05) is 5.32 Å². The minimum Gasteiger partial charge on any atom is -0.347 e. The Balaban J connectivity index is 1.54. The Morgan fingerprint density at radius 2 is 2.00 bits per heavy atom. The molecule has 1 atom stereocenters. The van der Waals surface area contributed by atoms with Gasteiger partial charge in [-0.05, 0) is 24.0 Å². The molecule has 0 saturated heterocycles. The zero-order valence-electron chi connectivity index (χ0n) is 11.8. The predicted octanol–water partition coefficient (Wildman–Crippen LogP) is 2.26. The summed E-state index contributed by atoms with van der Waals surface area (Å²) in [5.74, 6) is 0.600. The van der Waals surface area contributed by atoms with Crippen molar-refractivity contribution >= 4 is 5.95 Å². The third-order valence-electron chi connectivity index (χ3n) is 3.99. The van der Waals surface area contributed by atoms with Gasteiger partial charge in [-0.25, -0.2) is 14.8 Å². The molecule has 2 heterocycles. The number of imidazole rings is 1. The van der Waals surface area contributed by atoms with Gasteiger partial charge in [0.25, 0.3) is 0 Å². The number of nitrogens with zero attached hydrogens (tertiary/aromatic N) is 2. The van der Waals surface area contributed by atoms with Crippen molar-refractivity contribution in [2.45, 2.75) is 18.9 Å². The van der Waals surface area contributed by atoms with Gasteiger partial charge in [0.15, 0.2) is 0 Å². The molecule has 0 spiro atoms. The van der Waals surface area contributed by atoms with Crippen molar-refractivity contribution in [1.82, 2.24) is 19.9 Å². The molecule has 110 valence electrons. The fourth-order valence-electron chi connectivity index (χ4n) is 2.89. The standard InChI is InChI=1S/C16H15N5O/c22-16-19-9-14(21-16)11-7-17-15(18-8-11)20-13-6-5-10-3-1-2-4-12(10)13/h1-4,7-9,13H,5-6H2,(H,17,18,20)(H2,19,21,22)/t13-/m0/s1. The van der Waals surface area contributed by atoms with Crippen LogP contribution in [-0.2, 0) is 6.42 Å². The number of aromatic nitrogens is 4. The normalized spacial score (nSPS) is 16.5. The van der Waals surface area contributed by atoms with Crippen LogP contribution in [0.15, 0.2) is 47.7 Å². The number of anilines is 1. The SMILES string of the molecule is O=c1[nH]cc(-c2cnc(N[C@H]3CCc4ccccc43)nc2)[nH]1. The average Bonchev–Trinajstić information content (AvgIpc) is 3.15. The van der Waals surface area contributed by atoms with Crippen LogP contribution in [0.25, 0.3) is 11.3 Å². The minimum absolute atomic E-state index is 0.236. The van der Waals surface area contributed by atoms with Gasteiger partial charge in [0.05, 0.1) is 11.7 Å². The molecule has 6 heteroatoms. The molecule has 2 aromatic heterocycles. The van der Waals surface area contributed by atoms with Gasteiger partial charge >= 0.3 is 5.69 Å². The van der Waals surface area contributed by atoms with Gasteiger partial charge in [-0.1, -0.05) is 24.3 Å².